The van der Waals surface area contributed by atoms with E-state index in [0.29, 0.717) is 6.61 Å². The van der Waals surface area contributed by atoms with Gasteiger partial charge in [0.05, 0.1) is 12.2 Å². The van der Waals surface area contributed by atoms with Gasteiger partial charge in [-0.1, -0.05) is 6.07 Å². The highest BCUT2D eigenvalue weighted by Gasteiger charge is 2.30. The summed E-state index contributed by atoms with van der Waals surface area (Å²) >= 11 is 0. The zero-order valence-corrected chi connectivity index (χ0v) is 12.2. The van der Waals surface area contributed by atoms with Crippen molar-refractivity contribution in [1.82, 2.24) is 9.80 Å². The first-order valence-electron chi connectivity index (χ1n) is 7.16. The van der Waals surface area contributed by atoms with Crippen LogP contribution in [0.1, 0.15) is 12.0 Å². The van der Waals surface area contributed by atoms with E-state index in [1.165, 1.54) is 6.07 Å². The quantitative estimate of drug-likeness (QED) is 0.778. The average Bonchev–Trinajstić information content (AvgIpc) is 2.45. The van der Waals surface area contributed by atoms with Gasteiger partial charge < -0.3 is 14.5 Å². The number of alkyl halides is 3. The smallest absolute Gasteiger partial charge is 0.416 e. The fraction of sp³-hybridized carbons (Fsp3) is 0.600. The highest BCUT2D eigenvalue weighted by atomic mass is 19.4. The summed E-state index contributed by atoms with van der Waals surface area (Å²) in [5.74, 6) is 0.281. The minimum atomic E-state index is -4.32. The van der Waals surface area contributed by atoms with E-state index in [0.717, 1.165) is 51.3 Å². The number of rotatable bonds is 5. The molecule has 1 fully saturated rings. The Bertz CT molecular complexity index is 443. The molecule has 21 heavy (non-hydrogen) atoms. The highest BCUT2D eigenvalue weighted by Crippen LogP contribution is 2.31. The van der Waals surface area contributed by atoms with Crippen molar-refractivity contribution in [3.05, 3.63) is 29.8 Å². The van der Waals surface area contributed by atoms with E-state index in [1.807, 2.05) is 0 Å². The lowest BCUT2D eigenvalue weighted by Gasteiger charge is -2.32. The normalized spacial score (nSPS) is 17.9. The lowest BCUT2D eigenvalue weighted by atomic mass is 10.2. The number of benzene rings is 1. The number of likely N-dealkylation sites (N-methyl/N-ethyl adjacent to an activating group) is 1. The number of hydrogen-bond donors (Lipinski definition) is 0. The molecule has 1 aliphatic heterocycles. The topological polar surface area (TPSA) is 15.7 Å². The standard InChI is InChI=1S/C15H21F3N2O/c1-19-7-9-20(10-8-19)6-3-11-21-14-5-2-4-13(12-14)15(16,17)18/h2,4-5,12H,3,6-11H2,1H3. The molecule has 2 rings (SSSR count). The van der Waals surface area contributed by atoms with Crippen molar-refractivity contribution < 1.29 is 17.9 Å². The Labute approximate surface area is 123 Å². The molecule has 0 radical (unpaired) electrons. The van der Waals surface area contributed by atoms with Crippen molar-refractivity contribution >= 4 is 0 Å². The maximum atomic E-state index is 12.6. The fourth-order valence-corrected chi connectivity index (χ4v) is 2.31. The van der Waals surface area contributed by atoms with E-state index in [-0.39, 0.29) is 5.75 Å². The maximum absolute atomic E-state index is 12.6. The molecule has 0 N–H and O–H groups in total. The molecule has 0 aliphatic carbocycles. The number of nitrogens with zero attached hydrogens (tertiary/aromatic N) is 2. The van der Waals surface area contributed by atoms with Gasteiger partial charge in [-0.15, -0.1) is 0 Å². The number of halogens is 3. The second-order valence-corrected chi connectivity index (χ2v) is 5.37. The zero-order valence-electron chi connectivity index (χ0n) is 12.2. The molecule has 1 aliphatic rings. The van der Waals surface area contributed by atoms with Crippen molar-refractivity contribution in [3.8, 4) is 5.75 Å². The first kappa shape index (κ1) is 16.1. The molecule has 0 amide bonds. The van der Waals surface area contributed by atoms with Crippen molar-refractivity contribution in [3.63, 3.8) is 0 Å². The Kier molecular flexibility index (Phi) is 5.47. The lowest BCUT2D eigenvalue weighted by molar-refractivity contribution is -0.137. The summed E-state index contributed by atoms with van der Waals surface area (Å²) in [6.45, 7) is 5.57. The predicted molar refractivity (Wildman–Crippen MR) is 75.5 cm³/mol. The largest absolute Gasteiger partial charge is 0.494 e. The van der Waals surface area contributed by atoms with E-state index < -0.39 is 11.7 Å². The van der Waals surface area contributed by atoms with Crippen molar-refractivity contribution in [2.45, 2.75) is 12.6 Å². The number of hydrogen-bond acceptors (Lipinski definition) is 3. The Morgan fingerprint density at radius 2 is 1.86 bits per heavy atom. The average molecular weight is 302 g/mol. The first-order valence-corrected chi connectivity index (χ1v) is 7.16. The van der Waals surface area contributed by atoms with E-state index in [9.17, 15) is 13.2 Å². The van der Waals surface area contributed by atoms with Crippen LogP contribution >= 0.6 is 0 Å². The van der Waals surface area contributed by atoms with Crippen LogP contribution in [-0.2, 0) is 6.18 Å². The zero-order chi connectivity index (χ0) is 15.3. The number of ether oxygens (including phenoxy) is 1. The van der Waals surface area contributed by atoms with Gasteiger partial charge in [0, 0.05) is 32.7 Å². The molecule has 0 atom stereocenters. The summed E-state index contributed by atoms with van der Waals surface area (Å²) in [5.41, 5.74) is -0.668. The van der Waals surface area contributed by atoms with E-state index in [1.54, 1.807) is 6.07 Å². The Hall–Kier alpha value is -1.27. The summed E-state index contributed by atoms with van der Waals surface area (Å²) in [6.07, 6.45) is -3.50. The number of piperazine rings is 1. The molecule has 1 aromatic carbocycles. The molecule has 1 aromatic rings. The van der Waals surface area contributed by atoms with E-state index in [4.69, 9.17) is 4.74 Å². The third kappa shape index (κ3) is 5.21. The minimum Gasteiger partial charge on any atom is -0.494 e. The summed E-state index contributed by atoms with van der Waals surface area (Å²) in [7, 11) is 2.11. The second-order valence-electron chi connectivity index (χ2n) is 5.37. The van der Waals surface area contributed by atoms with Gasteiger partial charge in [-0.25, -0.2) is 0 Å². The van der Waals surface area contributed by atoms with Gasteiger partial charge in [0.15, 0.2) is 0 Å². The van der Waals surface area contributed by atoms with Crippen LogP contribution in [0.4, 0.5) is 13.2 Å². The van der Waals surface area contributed by atoms with Gasteiger partial charge >= 0.3 is 6.18 Å². The fourth-order valence-electron chi connectivity index (χ4n) is 2.31. The molecule has 0 spiro atoms. The van der Waals surface area contributed by atoms with Gasteiger partial charge in [-0.05, 0) is 31.7 Å². The molecule has 0 unspecified atom stereocenters. The maximum Gasteiger partial charge on any atom is 0.416 e. The minimum absolute atomic E-state index is 0.281. The van der Waals surface area contributed by atoms with Crippen LogP contribution < -0.4 is 4.74 Å². The Balaban J connectivity index is 1.71. The molecule has 0 aromatic heterocycles. The van der Waals surface area contributed by atoms with Crippen LogP contribution in [0.15, 0.2) is 24.3 Å². The van der Waals surface area contributed by atoms with Crippen LogP contribution in [0.25, 0.3) is 0 Å². The highest BCUT2D eigenvalue weighted by molar-refractivity contribution is 5.30. The molecule has 3 nitrogen and oxygen atoms in total. The molecule has 0 bridgehead atoms. The lowest BCUT2D eigenvalue weighted by Crippen LogP contribution is -2.44. The molecular weight excluding hydrogens is 281 g/mol. The second kappa shape index (κ2) is 7.13. The van der Waals surface area contributed by atoms with Gasteiger partial charge in [-0.2, -0.15) is 13.2 Å². The monoisotopic (exact) mass is 302 g/mol. The van der Waals surface area contributed by atoms with Gasteiger partial charge in [0.1, 0.15) is 5.75 Å². The Morgan fingerprint density at radius 3 is 2.52 bits per heavy atom. The van der Waals surface area contributed by atoms with Crippen LogP contribution in [0.3, 0.4) is 0 Å². The molecule has 6 heteroatoms. The summed E-state index contributed by atoms with van der Waals surface area (Å²) < 4.78 is 43.1. The van der Waals surface area contributed by atoms with Crippen molar-refractivity contribution in [2.24, 2.45) is 0 Å². The van der Waals surface area contributed by atoms with Crippen molar-refractivity contribution in [1.29, 1.82) is 0 Å². The van der Waals surface area contributed by atoms with Gasteiger partial charge in [-0.3, -0.25) is 0 Å². The summed E-state index contributed by atoms with van der Waals surface area (Å²) in [4.78, 5) is 4.64. The summed E-state index contributed by atoms with van der Waals surface area (Å²) in [6, 6.07) is 5.04. The molecule has 0 saturated carbocycles. The third-order valence-electron chi connectivity index (χ3n) is 3.64. The Morgan fingerprint density at radius 1 is 1.14 bits per heavy atom. The molecule has 1 saturated heterocycles. The van der Waals surface area contributed by atoms with Crippen LogP contribution in [-0.4, -0.2) is 56.2 Å². The van der Waals surface area contributed by atoms with Crippen molar-refractivity contribution in [2.75, 3.05) is 46.4 Å². The molecule has 118 valence electrons. The van der Waals surface area contributed by atoms with Gasteiger partial charge in [0.2, 0.25) is 0 Å². The molecular formula is C15H21F3N2O. The van der Waals surface area contributed by atoms with Crippen LogP contribution in [0, 0.1) is 0 Å². The van der Waals surface area contributed by atoms with E-state index in [2.05, 4.69) is 16.8 Å². The third-order valence-corrected chi connectivity index (χ3v) is 3.64. The SMILES string of the molecule is CN1CCN(CCCOc2cccc(C(F)(F)F)c2)CC1. The van der Waals surface area contributed by atoms with Crippen LogP contribution in [0.5, 0.6) is 5.75 Å². The van der Waals surface area contributed by atoms with Gasteiger partial charge in [0.25, 0.3) is 0 Å². The van der Waals surface area contributed by atoms with Crippen LogP contribution in [0.2, 0.25) is 0 Å². The first-order chi connectivity index (χ1) is 9.95. The summed E-state index contributed by atoms with van der Waals surface area (Å²) in [5, 5.41) is 0. The molecule has 1 heterocycles. The predicted octanol–water partition coefficient (Wildman–Crippen LogP) is 2.72. The van der Waals surface area contributed by atoms with E-state index >= 15 is 0 Å².